The van der Waals surface area contributed by atoms with Crippen LogP contribution in [0.25, 0.3) is 0 Å². The molecule has 224 valence electrons. The molecule has 2 amide bonds. The van der Waals surface area contributed by atoms with Crippen molar-refractivity contribution in [1.29, 1.82) is 0 Å². The third kappa shape index (κ3) is 7.60. The van der Waals surface area contributed by atoms with Gasteiger partial charge in [0.05, 0.1) is 10.6 Å². The smallest absolute Gasteiger partial charge is 0.264 e. The monoisotopic (exact) mass is 621 g/mol. The maximum Gasteiger partial charge on any atom is 0.264 e. The molecule has 7 nitrogen and oxygen atoms in total. The summed E-state index contributed by atoms with van der Waals surface area (Å²) in [6.45, 7) is 2.82. The highest BCUT2D eigenvalue weighted by atomic mass is 35.5. The molecule has 0 saturated heterocycles. The second kappa shape index (κ2) is 14.3. The van der Waals surface area contributed by atoms with E-state index in [-0.39, 0.29) is 29.1 Å². The van der Waals surface area contributed by atoms with Gasteiger partial charge in [-0.3, -0.25) is 13.9 Å². The predicted molar refractivity (Wildman–Crippen MR) is 167 cm³/mol. The summed E-state index contributed by atoms with van der Waals surface area (Å²) in [4.78, 5) is 29.1. The van der Waals surface area contributed by atoms with Crippen LogP contribution in [-0.4, -0.2) is 44.3 Å². The highest BCUT2D eigenvalue weighted by Gasteiger charge is 2.35. The molecule has 4 aromatic rings. The van der Waals surface area contributed by atoms with E-state index < -0.39 is 40.2 Å². The van der Waals surface area contributed by atoms with Crippen molar-refractivity contribution >= 4 is 39.1 Å². The number of nitrogens with one attached hydrogen (secondary N) is 1. The van der Waals surface area contributed by atoms with E-state index in [1.54, 1.807) is 56.3 Å². The lowest BCUT2D eigenvalue weighted by molar-refractivity contribution is -0.140. The Hall–Kier alpha value is -4.21. The molecule has 0 bridgehead atoms. The number of carbonyl (C=O) groups excluding carboxylic acids is 2. The summed E-state index contributed by atoms with van der Waals surface area (Å²) in [5, 5.41) is 3.11. The Labute approximate surface area is 257 Å². The summed E-state index contributed by atoms with van der Waals surface area (Å²) in [5.74, 6) is -1.67. The van der Waals surface area contributed by atoms with E-state index in [1.165, 1.54) is 35.2 Å². The lowest BCUT2D eigenvalue weighted by Gasteiger charge is -2.34. The van der Waals surface area contributed by atoms with Crippen LogP contribution in [0, 0.1) is 12.7 Å². The second-order valence-corrected chi connectivity index (χ2v) is 12.2. The quantitative estimate of drug-likeness (QED) is 0.218. The molecule has 0 unspecified atom stereocenters. The molecule has 10 heteroatoms. The second-order valence-electron chi connectivity index (χ2n) is 9.92. The molecule has 1 N–H and O–H groups in total. The number of nitrogens with zero attached hydrogens (tertiary/aromatic N) is 2. The Bertz CT molecular complexity index is 1670. The summed E-state index contributed by atoms with van der Waals surface area (Å²) >= 11 is 6.38. The highest BCUT2D eigenvalue weighted by molar-refractivity contribution is 7.92. The van der Waals surface area contributed by atoms with Gasteiger partial charge < -0.3 is 10.2 Å². The van der Waals surface area contributed by atoms with Gasteiger partial charge in [0.2, 0.25) is 11.8 Å². The van der Waals surface area contributed by atoms with Gasteiger partial charge in [0.25, 0.3) is 10.0 Å². The van der Waals surface area contributed by atoms with E-state index in [9.17, 15) is 22.4 Å². The lowest BCUT2D eigenvalue weighted by atomic mass is 10.0. The standard InChI is InChI=1S/C33H33ClFN3O4S/c1-3-36-33(40)31(21-25-13-6-4-7-14-25)37(22-26-15-10-11-19-29(26)35)32(39)23-38(30-20-12-18-28(34)24(30)2)43(41,42)27-16-8-5-9-17-27/h4-20,31H,3,21-23H2,1-2H3,(H,36,40)/t31-/m1/s1. The molecule has 4 aromatic carbocycles. The number of rotatable bonds is 12. The van der Waals surface area contributed by atoms with Crippen molar-refractivity contribution in [2.24, 2.45) is 0 Å². The molecule has 0 aromatic heterocycles. The van der Waals surface area contributed by atoms with Gasteiger partial charge in [-0.25, -0.2) is 12.8 Å². The predicted octanol–water partition coefficient (Wildman–Crippen LogP) is 5.76. The molecule has 4 rings (SSSR count). The first-order valence-electron chi connectivity index (χ1n) is 13.8. The number of halogens is 2. The number of hydrogen-bond acceptors (Lipinski definition) is 4. The van der Waals surface area contributed by atoms with Crippen LogP contribution in [0.3, 0.4) is 0 Å². The number of carbonyl (C=O) groups is 2. The van der Waals surface area contributed by atoms with Crippen molar-refractivity contribution in [3.05, 3.63) is 131 Å². The third-order valence-corrected chi connectivity index (χ3v) is 9.22. The summed E-state index contributed by atoms with van der Waals surface area (Å²) in [5.41, 5.74) is 1.65. The molecular formula is C33H33ClFN3O4S. The fraction of sp³-hybridized carbons (Fsp3) is 0.212. The number of amides is 2. The van der Waals surface area contributed by atoms with Crippen molar-refractivity contribution in [3.8, 4) is 0 Å². The molecule has 0 fully saturated rings. The Morgan fingerprint density at radius 3 is 2.16 bits per heavy atom. The molecule has 1 atom stereocenters. The molecular weight excluding hydrogens is 589 g/mol. The Balaban J connectivity index is 1.83. The van der Waals surface area contributed by atoms with Crippen LogP contribution in [0.1, 0.15) is 23.6 Å². The fourth-order valence-electron chi connectivity index (χ4n) is 4.76. The van der Waals surface area contributed by atoms with Crippen molar-refractivity contribution in [2.75, 3.05) is 17.4 Å². The minimum absolute atomic E-state index is 0.0209. The first-order valence-corrected chi connectivity index (χ1v) is 15.6. The molecule has 0 radical (unpaired) electrons. The minimum Gasteiger partial charge on any atom is -0.355 e. The van der Waals surface area contributed by atoms with E-state index in [1.807, 2.05) is 30.3 Å². The van der Waals surface area contributed by atoms with Crippen LogP contribution in [-0.2, 0) is 32.6 Å². The fourth-order valence-corrected chi connectivity index (χ4v) is 6.42. The van der Waals surface area contributed by atoms with Gasteiger partial charge in [-0.1, -0.05) is 84.4 Å². The van der Waals surface area contributed by atoms with Gasteiger partial charge in [-0.15, -0.1) is 0 Å². The van der Waals surface area contributed by atoms with E-state index in [2.05, 4.69) is 5.32 Å². The zero-order chi connectivity index (χ0) is 31.0. The van der Waals surface area contributed by atoms with Gasteiger partial charge in [-0.2, -0.15) is 0 Å². The lowest BCUT2D eigenvalue weighted by Crippen LogP contribution is -2.53. The minimum atomic E-state index is -4.27. The number of hydrogen-bond donors (Lipinski definition) is 1. The highest BCUT2D eigenvalue weighted by Crippen LogP contribution is 2.31. The zero-order valence-corrected chi connectivity index (χ0v) is 25.5. The van der Waals surface area contributed by atoms with Crippen molar-refractivity contribution < 1.29 is 22.4 Å². The van der Waals surface area contributed by atoms with Gasteiger partial charge in [0, 0.05) is 30.1 Å². The first kappa shape index (κ1) is 31.7. The summed E-state index contributed by atoms with van der Waals surface area (Å²) < 4.78 is 44.0. The van der Waals surface area contributed by atoms with Crippen LogP contribution in [0.4, 0.5) is 10.1 Å². The van der Waals surface area contributed by atoms with E-state index >= 15 is 0 Å². The Morgan fingerprint density at radius 1 is 0.884 bits per heavy atom. The summed E-state index contributed by atoms with van der Waals surface area (Å²) in [6, 6.07) is 26.6. The molecule has 0 saturated carbocycles. The SMILES string of the molecule is CCNC(=O)[C@@H](Cc1ccccc1)N(Cc1ccccc1F)C(=O)CN(c1cccc(Cl)c1C)S(=O)(=O)c1ccccc1. The molecule has 0 aliphatic carbocycles. The van der Waals surface area contributed by atoms with Gasteiger partial charge >= 0.3 is 0 Å². The molecule has 0 heterocycles. The van der Waals surface area contributed by atoms with Crippen LogP contribution < -0.4 is 9.62 Å². The van der Waals surface area contributed by atoms with E-state index in [0.717, 1.165) is 9.87 Å². The number of likely N-dealkylation sites (N-methyl/N-ethyl adjacent to an activating group) is 1. The van der Waals surface area contributed by atoms with Crippen LogP contribution in [0.15, 0.2) is 108 Å². The molecule has 0 spiro atoms. The van der Waals surface area contributed by atoms with Crippen molar-refractivity contribution in [2.45, 2.75) is 37.8 Å². The number of benzene rings is 4. The van der Waals surface area contributed by atoms with Crippen LogP contribution >= 0.6 is 11.6 Å². The van der Waals surface area contributed by atoms with Gasteiger partial charge in [0.15, 0.2) is 0 Å². The van der Waals surface area contributed by atoms with Crippen molar-refractivity contribution in [1.82, 2.24) is 10.2 Å². The van der Waals surface area contributed by atoms with Crippen molar-refractivity contribution in [3.63, 3.8) is 0 Å². The Morgan fingerprint density at radius 2 is 1.51 bits per heavy atom. The topological polar surface area (TPSA) is 86.8 Å². The summed E-state index contributed by atoms with van der Waals surface area (Å²) in [6.07, 6.45) is 0.133. The molecule has 0 aliphatic heterocycles. The maximum atomic E-state index is 14.9. The average molecular weight is 622 g/mol. The van der Waals surface area contributed by atoms with E-state index in [0.29, 0.717) is 17.1 Å². The average Bonchev–Trinajstić information content (AvgIpc) is 3.01. The van der Waals surface area contributed by atoms with Gasteiger partial charge in [-0.05, 0) is 55.3 Å². The zero-order valence-electron chi connectivity index (χ0n) is 23.9. The number of anilines is 1. The van der Waals surface area contributed by atoms with Crippen LogP contribution in [0.5, 0.6) is 0 Å². The van der Waals surface area contributed by atoms with E-state index in [4.69, 9.17) is 11.6 Å². The third-order valence-electron chi connectivity index (χ3n) is 7.04. The molecule has 0 aliphatic rings. The first-order chi connectivity index (χ1) is 20.6. The molecule has 43 heavy (non-hydrogen) atoms. The summed E-state index contributed by atoms with van der Waals surface area (Å²) in [7, 11) is -4.27. The van der Waals surface area contributed by atoms with Crippen LogP contribution in [0.2, 0.25) is 5.02 Å². The number of sulfonamides is 1. The Kier molecular flexibility index (Phi) is 10.6. The maximum absolute atomic E-state index is 14.9. The normalized spacial score (nSPS) is 11.9. The van der Waals surface area contributed by atoms with Gasteiger partial charge in [0.1, 0.15) is 18.4 Å². The largest absolute Gasteiger partial charge is 0.355 e.